The van der Waals surface area contributed by atoms with Crippen LogP contribution in [0.4, 0.5) is 0 Å². The Balaban J connectivity index is 1.81. The van der Waals surface area contributed by atoms with Crippen molar-refractivity contribution in [3.8, 4) is 0 Å². The molecule has 0 amide bonds. The van der Waals surface area contributed by atoms with E-state index in [1.54, 1.807) is 4.31 Å². The Morgan fingerprint density at radius 2 is 1.92 bits per heavy atom. The molecule has 0 radical (unpaired) electrons. The predicted octanol–water partition coefficient (Wildman–Crippen LogP) is 1.24. The summed E-state index contributed by atoms with van der Waals surface area (Å²) in [5.74, 6) is -1.31. The van der Waals surface area contributed by atoms with Crippen molar-refractivity contribution in [1.29, 1.82) is 0 Å². The highest BCUT2D eigenvalue weighted by Gasteiger charge is 2.69. The molecular formula is C17H25NO6S. The van der Waals surface area contributed by atoms with E-state index in [9.17, 15) is 18.0 Å². The summed E-state index contributed by atoms with van der Waals surface area (Å²) >= 11 is 0. The Hall–Kier alpha value is -1.41. The molecule has 140 valence electrons. The smallest absolute Gasteiger partial charge is 0.347 e. The lowest BCUT2D eigenvalue weighted by atomic mass is 9.90. The minimum Gasteiger partial charge on any atom is -0.458 e. The van der Waals surface area contributed by atoms with Crippen molar-refractivity contribution < 1.29 is 27.5 Å². The molecule has 6 atom stereocenters. The average Bonchev–Trinajstić information content (AvgIpc) is 3.09. The van der Waals surface area contributed by atoms with Crippen LogP contribution in [0.2, 0.25) is 0 Å². The first-order valence-electron chi connectivity index (χ1n) is 8.55. The maximum absolute atomic E-state index is 12.9. The molecule has 6 unspecified atom stereocenters. The average molecular weight is 371 g/mol. The van der Waals surface area contributed by atoms with E-state index in [0.29, 0.717) is 6.42 Å². The van der Waals surface area contributed by atoms with E-state index in [0.717, 1.165) is 12.5 Å². The number of sulfonamides is 1. The van der Waals surface area contributed by atoms with Gasteiger partial charge in [0.05, 0.1) is 11.3 Å². The summed E-state index contributed by atoms with van der Waals surface area (Å²) in [5.41, 5.74) is -0.582. The SMILES string of the molecule is C=CC(=O)OC(C)C(=O)OC1C2CC3C1N(C(C)(C)C)S(=O)(=O)C3C2. The van der Waals surface area contributed by atoms with Gasteiger partial charge in [-0.2, -0.15) is 4.31 Å². The molecule has 0 N–H and O–H groups in total. The van der Waals surface area contributed by atoms with Crippen molar-refractivity contribution in [2.45, 2.75) is 69.6 Å². The number of carbonyl (C=O) groups is 2. The molecule has 2 bridgehead atoms. The molecule has 25 heavy (non-hydrogen) atoms. The van der Waals surface area contributed by atoms with Crippen molar-refractivity contribution in [1.82, 2.24) is 4.31 Å². The standard InChI is InChI=1S/C17H25NO6S/c1-6-13(19)23-9(2)16(20)24-15-10-7-11-12(8-10)25(21,22)18(14(11)15)17(3,4)5/h6,9-12,14-15H,1,7-8H2,2-5H3. The zero-order valence-corrected chi connectivity index (χ0v) is 15.8. The van der Waals surface area contributed by atoms with Gasteiger partial charge in [0.15, 0.2) is 6.10 Å². The van der Waals surface area contributed by atoms with Crippen LogP contribution in [0.1, 0.15) is 40.5 Å². The van der Waals surface area contributed by atoms with Crippen molar-refractivity contribution in [2.75, 3.05) is 0 Å². The van der Waals surface area contributed by atoms with Gasteiger partial charge in [-0.15, -0.1) is 0 Å². The van der Waals surface area contributed by atoms with Crippen LogP contribution in [-0.2, 0) is 29.1 Å². The van der Waals surface area contributed by atoms with Crippen LogP contribution >= 0.6 is 0 Å². The molecule has 8 heteroatoms. The van der Waals surface area contributed by atoms with Gasteiger partial charge in [-0.05, 0) is 52.4 Å². The molecule has 1 saturated heterocycles. The topological polar surface area (TPSA) is 90.0 Å². The molecule has 0 aromatic carbocycles. The van der Waals surface area contributed by atoms with Crippen LogP contribution in [-0.4, -0.2) is 53.7 Å². The van der Waals surface area contributed by atoms with E-state index in [2.05, 4.69) is 6.58 Å². The summed E-state index contributed by atoms with van der Waals surface area (Å²) < 4.78 is 37.9. The molecular weight excluding hydrogens is 346 g/mol. The number of fused-ring (bicyclic) bond motifs is 1. The number of rotatable bonds is 4. The van der Waals surface area contributed by atoms with E-state index in [4.69, 9.17) is 9.47 Å². The molecule has 0 aromatic rings. The summed E-state index contributed by atoms with van der Waals surface area (Å²) in [6.45, 7) is 10.3. The highest BCUT2D eigenvalue weighted by molar-refractivity contribution is 7.90. The fourth-order valence-electron chi connectivity index (χ4n) is 4.68. The van der Waals surface area contributed by atoms with Crippen LogP contribution in [0.5, 0.6) is 0 Å². The third-order valence-corrected chi connectivity index (χ3v) is 8.11. The van der Waals surface area contributed by atoms with Crippen molar-refractivity contribution in [2.24, 2.45) is 11.8 Å². The quantitative estimate of drug-likeness (QED) is 0.545. The molecule has 3 fully saturated rings. The third kappa shape index (κ3) is 2.79. The maximum atomic E-state index is 12.9. The highest BCUT2D eigenvalue weighted by atomic mass is 32.2. The van der Waals surface area contributed by atoms with Crippen LogP contribution in [0, 0.1) is 11.8 Å². The van der Waals surface area contributed by atoms with Gasteiger partial charge in [-0.1, -0.05) is 6.58 Å². The zero-order valence-electron chi connectivity index (χ0n) is 15.0. The van der Waals surface area contributed by atoms with Crippen LogP contribution < -0.4 is 0 Å². The monoisotopic (exact) mass is 371 g/mol. The number of esters is 2. The van der Waals surface area contributed by atoms with Crippen molar-refractivity contribution >= 4 is 22.0 Å². The second kappa shape index (κ2) is 5.81. The van der Waals surface area contributed by atoms with Crippen molar-refractivity contribution in [3.63, 3.8) is 0 Å². The summed E-state index contributed by atoms with van der Waals surface area (Å²) in [4.78, 5) is 23.6. The largest absolute Gasteiger partial charge is 0.458 e. The molecule has 0 aromatic heterocycles. The summed E-state index contributed by atoms with van der Waals surface area (Å²) in [6.07, 6.45) is 0.711. The lowest BCUT2D eigenvalue weighted by Gasteiger charge is -2.37. The van der Waals surface area contributed by atoms with Crippen molar-refractivity contribution in [3.05, 3.63) is 12.7 Å². The Kier molecular flexibility index (Phi) is 4.27. The normalized spacial score (nSPS) is 36.9. The lowest BCUT2D eigenvalue weighted by Crippen LogP contribution is -2.52. The van der Waals surface area contributed by atoms with Gasteiger partial charge < -0.3 is 9.47 Å². The molecule has 1 heterocycles. The number of nitrogens with zero attached hydrogens (tertiary/aromatic N) is 1. The Morgan fingerprint density at radius 1 is 1.28 bits per heavy atom. The second-order valence-corrected chi connectivity index (χ2v) is 10.1. The summed E-state index contributed by atoms with van der Waals surface area (Å²) in [5, 5.41) is -0.368. The Morgan fingerprint density at radius 3 is 2.48 bits per heavy atom. The molecule has 3 rings (SSSR count). The maximum Gasteiger partial charge on any atom is 0.347 e. The van der Waals surface area contributed by atoms with Crippen LogP contribution in [0.15, 0.2) is 12.7 Å². The van der Waals surface area contributed by atoms with Crippen LogP contribution in [0.25, 0.3) is 0 Å². The van der Waals surface area contributed by atoms with E-state index in [1.165, 1.54) is 6.92 Å². The fourth-order valence-corrected chi connectivity index (χ4v) is 7.56. The van der Waals surface area contributed by atoms with Gasteiger partial charge in [-0.25, -0.2) is 18.0 Å². The molecule has 3 aliphatic rings. The second-order valence-electron chi connectivity index (χ2n) is 8.12. The third-order valence-electron chi connectivity index (χ3n) is 5.46. The van der Waals surface area contributed by atoms with Gasteiger partial charge >= 0.3 is 11.9 Å². The van der Waals surface area contributed by atoms with Crippen LogP contribution in [0.3, 0.4) is 0 Å². The van der Waals surface area contributed by atoms with E-state index in [1.807, 2.05) is 20.8 Å². The minimum atomic E-state index is -3.40. The number of ether oxygens (including phenoxy) is 2. The zero-order chi connectivity index (χ0) is 18.7. The first kappa shape index (κ1) is 18.4. The summed E-state index contributed by atoms with van der Waals surface area (Å²) in [7, 11) is -3.40. The van der Waals surface area contributed by atoms with E-state index in [-0.39, 0.29) is 23.1 Å². The van der Waals surface area contributed by atoms with Gasteiger partial charge in [0.25, 0.3) is 0 Å². The molecule has 0 spiro atoms. The van der Waals surface area contributed by atoms with Gasteiger partial charge in [-0.3, -0.25) is 0 Å². The van der Waals surface area contributed by atoms with E-state index < -0.39 is 39.7 Å². The number of hydrogen-bond acceptors (Lipinski definition) is 6. The van der Waals surface area contributed by atoms with Gasteiger partial charge in [0, 0.05) is 11.6 Å². The predicted molar refractivity (Wildman–Crippen MR) is 89.9 cm³/mol. The summed E-state index contributed by atoms with van der Waals surface area (Å²) in [6, 6.07) is -0.333. The molecule has 1 aliphatic heterocycles. The number of hydrogen-bond donors (Lipinski definition) is 0. The number of carbonyl (C=O) groups excluding carboxylic acids is 2. The lowest BCUT2D eigenvalue weighted by molar-refractivity contribution is -0.171. The Bertz CT molecular complexity index is 709. The fraction of sp³-hybridized carbons (Fsp3) is 0.765. The van der Waals surface area contributed by atoms with Gasteiger partial charge in [0.1, 0.15) is 6.10 Å². The first-order valence-corrected chi connectivity index (χ1v) is 10.1. The molecule has 2 saturated carbocycles. The minimum absolute atomic E-state index is 0.00180. The molecule has 7 nitrogen and oxygen atoms in total. The first-order chi connectivity index (χ1) is 11.5. The van der Waals surface area contributed by atoms with E-state index >= 15 is 0 Å². The highest BCUT2D eigenvalue weighted by Crippen LogP contribution is 2.58. The Labute approximate surface area is 148 Å². The molecule has 2 aliphatic carbocycles. The van der Waals surface area contributed by atoms with Gasteiger partial charge in [0.2, 0.25) is 10.0 Å².